The van der Waals surface area contributed by atoms with Crippen molar-refractivity contribution in [3.05, 3.63) is 72.4 Å². The molecule has 1 radical (unpaired) electrons. The van der Waals surface area contributed by atoms with E-state index < -0.39 is 0 Å². The Balaban J connectivity index is 1.68. The van der Waals surface area contributed by atoms with E-state index in [1.54, 1.807) is 6.67 Å². The van der Waals surface area contributed by atoms with Gasteiger partial charge < -0.3 is 15.4 Å². The number of rotatable bonds is 7. The molecule has 0 saturated carbocycles. The summed E-state index contributed by atoms with van der Waals surface area (Å²) in [6.07, 6.45) is 3.34. The highest BCUT2D eigenvalue weighted by Crippen LogP contribution is 2.41. The molecule has 0 fully saturated rings. The highest BCUT2D eigenvalue weighted by atomic mass is 16.5. The van der Waals surface area contributed by atoms with Crippen molar-refractivity contribution < 1.29 is 9.53 Å². The molecule has 4 heteroatoms. The van der Waals surface area contributed by atoms with Crippen molar-refractivity contribution in [1.29, 1.82) is 0 Å². The Kier molecular flexibility index (Phi) is 4.97. The summed E-state index contributed by atoms with van der Waals surface area (Å²) in [6.45, 7) is 4.59. The van der Waals surface area contributed by atoms with E-state index >= 15 is 0 Å². The summed E-state index contributed by atoms with van der Waals surface area (Å²) in [6, 6.07) is 17.5. The van der Waals surface area contributed by atoms with Gasteiger partial charge in [-0.05, 0) is 29.3 Å². The Hall–Kier alpha value is -3.01. The van der Waals surface area contributed by atoms with Gasteiger partial charge in [-0.25, -0.2) is 0 Å². The number of carbonyl (C=O) groups is 1. The van der Waals surface area contributed by atoms with Crippen LogP contribution in [0.25, 0.3) is 10.8 Å². The number of hydrogen-bond acceptors (Lipinski definition) is 4. The van der Waals surface area contributed by atoms with Gasteiger partial charge in [0.05, 0.1) is 12.3 Å². The fourth-order valence-corrected chi connectivity index (χ4v) is 3.47. The third-order valence-electron chi connectivity index (χ3n) is 4.88. The van der Waals surface area contributed by atoms with E-state index in [1.165, 1.54) is 0 Å². The van der Waals surface area contributed by atoms with E-state index in [-0.39, 0.29) is 5.78 Å². The summed E-state index contributed by atoms with van der Waals surface area (Å²) < 4.78 is 5.93. The largest absolute Gasteiger partial charge is 0.491 e. The average Bonchev–Trinajstić information content (AvgIpc) is 3.20. The fraction of sp³-hybridized carbons (Fsp3) is 0.217. The third-order valence-corrected chi connectivity index (χ3v) is 4.88. The summed E-state index contributed by atoms with van der Waals surface area (Å²) in [5, 5.41) is 8.38. The number of hydrogen-bond donors (Lipinski definition) is 2. The van der Waals surface area contributed by atoms with Crippen molar-refractivity contribution in [3.8, 4) is 5.75 Å². The summed E-state index contributed by atoms with van der Waals surface area (Å²) in [5.74, 6) is 0.780. The average molecular weight is 359 g/mol. The molecule has 0 atom stereocenters. The maximum absolute atomic E-state index is 13.3. The molecule has 3 aromatic carbocycles. The number of benzene rings is 3. The summed E-state index contributed by atoms with van der Waals surface area (Å²) in [7, 11) is 0. The Bertz CT molecular complexity index is 976. The molecule has 0 bridgehead atoms. The number of anilines is 2. The Morgan fingerprint density at radius 2 is 1.70 bits per heavy atom. The van der Waals surface area contributed by atoms with E-state index in [9.17, 15) is 4.79 Å². The maximum atomic E-state index is 13.3. The van der Waals surface area contributed by atoms with Crippen LogP contribution in [0.3, 0.4) is 0 Å². The first-order valence-corrected chi connectivity index (χ1v) is 9.46. The standard InChI is InChI=1S/C23H23N2O2/c1-2-3-6-14-27-20-13-12-19(21-22(20)25-15-24-21)23(26)18-11-7-9-16-8-4-5-10-17(16)18/h4-5,7-13,15,24-25H,2-3,6,14H2,1H3. The lowest BCUT2D eigenvalue weighted by molar-refractivity contribution is 0.104. The Morgan fingerprint density at radius 3 is 2.59 bits per heavy atom. The lowest BCUT2D eigenvalue weighted by Crippen LogP contribution is -2.06. The van der Waals surface area contributed by atoms with Gasteiger partial charge in [0.25, 0.3) is 0 Å². The van der Waals surface area contributed by atoms with Crippen LogP contribution in [-0.4, -0.2) is 12.4 Å². The van der Waals surface area contributed by atoms with Crippen LogP contribution >= 0.6 is 0 Å². The van der Waals surface area contributed by atoms with E-state index in [1.807, 2.05) is 54.6 Å². The molecular weight excluding hydrogens is 336 g/mol. The molecule has 2 N–H and O–H groups in total. The van der Waals surface area contributed by atoms with Crippen LogP contribution in [0, 0.1) is 6.67 Å². The number of nitrogens with one attached hydrogen (secondary N) is 2. The molecule has 0 aromatic heterocycles. The van der Waals surface area contributed by atoms with Crippen LogP contribution in [-0.2, 0) is 0 Å². The third kappa shape index (κ3) is 3.35. The van der Waals surface area contributed by atoms with Gasteiger partial charge in [0.1, 0.15) is 18.1 Å². The zero-order valence-corrected chi connectivity index (χ0v) is 15.4. The van der Waals surface area contributed by atoms with Gasteiger partial charge in [0.15, 0.2) is 5.78 Å². The van der Waals surface area contributed by atoms with Crippen molar-refractivity contribution in [2.75, 3.05) is 17.2 Å². The minimum Gasteiger partial charge on any atom is -0.491 e. The van der Waals surface area contributed by atoms with Crippen LogP contribution < -0.4 is 15.4 Å². The van der Waals surface area contributed by atoms with Crippen LogP contribution in [0.15, 0.2) is 54.6 Å². The minimum atomic E-state index is 0.00480. The van der Waals surface area contributed by atoms with Crippen molar-refractivity contribution in [2.45, 2.75) is 26.2 Å². The molecular formula is C23H23N2O2. The zero-order valence-electron chi connectivity index (χ0n) is 15.4. The second kappa shape index (κ2) is 7.70. The lowest BCUT2D eigenvalue weighted by atomic mass is 9.96. The van der Waals surface area contributed by atoms with Gasteiger partial charge in [0.2, 0.25) is 0 Å². The highest BCUT2D eigenvalue weighted by Gasteiger charge is 2.24. The molecule has 0 amide bonds. The van der Waals surface area contributed by atoms with Gasteiger partial charge in [-0.3, -0.25) is 4.79 Å². The normalized spacial score (nSPS) is 12.3. The van der Waals surface area contributed by atoms with E-state index in [2.05, 4.69) is 17.6 Å². The molecule has 1 heterocycles. The van der Waals surface area contributed by atoms with Crippen LogP contribution in [0.4, 0.5) is 11.4 Å². The molecule has 137 valence electrons. The van der Waals surface area contributed by atoms with Gasteiger partial charge in [0, 0.05) is 11.1 Å². The van der Waals surface area contributed by atoms with Crippen molar-refractivity contribution >= 4 is 27.9 Å². The van der Waals surface area contributed by atoms with Crippen LogP contribution in [0.5, 0.6) is 5.75 Å². The highest BCUT2D eigenvalue weighted by molar-refractivity contribution is 6.20. The summed E-state index contributed by atoms with van der Waals surface area (Å²) >= 11 is 0. The molecule has 1 aliphatic rings. The van der Waals surface area contributed by atoms with Gasteiger partial charge in [-0.15, -0.1) is 0 Å². The smallest absolute Gasteiger partial charge is 0.195 e. The number of carbonyl (C=O) groups excluding carboxylic acids is 1. The van der Waals surface area contributed by atoms with Gasteiger partial charge in [-0.2, -0.15) is 0 Å². The van der Waals surface area contributed by atoms with Gasteiger partial charge in [-0.1, -0.05) is 62.2 Å². The zero-order chi connectivity index (χ0) is 18.6. The number of ether oxygens (including phenoxy) is 1. The van der Waals surface area contributed by atoms with Gasteiger partial charge >= 0.3 is 0 Å². The second-order valence-corrected chi connectivity index (χ2v) is 6.71. The van der Waals surface area contributed by atoms with Crippen molar-refractivity contribution in [2.24, 2.45) is 0 Å². The van der Waals surface area contributed by atoms with Crippen LogP contribution in [0.1, 0.15) is 42.1 Å². The Labute approximate surface area is 159 Å². The minimum absolute atomic E-state index is 0.00480. The van der Waals surface area contributed by atoms with E-state index in [0.29, 0.717) is 17.7 Å². The summed E-state index contributed by atoms with van der Waals surface area (Å²) in [5.41, 5.74) is 2.96. The molecule has 1 aliphatic heterocycles. The number of unbranched alkanes of at least 4 members (excludes halogenated alkanes) is 2. The first-order valence-electron chi connectivity index (χ1n) is 9.46. The quantitative estimate of drug-likeness (QED) is 0.426. The molecule has 0 aliphatic carbocycles. The SMILES string of the molecule is CCCCCOc1ccc(C(=O)c2cccc3ccccc23)c2c1N[CH]N2. The van der Waals surface area contributed by atoms with E-state index in [0.717, 1.165) is 47.2 Å². The fourth-order valence-electron chi connectivity index (χ4n) is 3.47. The molecule has 0 saturated heterocycles. The van der Waals surface area contributed by atoms with E-state index in [4.69, 9.17) is 4.74 Å². The first kappa shape index (κ1) is 17.4. The predicted octanol–water partition coefficient (Wildman–Crippen LogP) is 5.60. The maximum Gasteiger partial charge on any atom is 0.195 e. The van der Waals surface area contributed by atoms with Crippen LogP contribution in [0.2, 0.25) is 0 Å². The molecule has 0 unspecified atom stereocenters. The van der Waals surface area contributed by atoms with Crippen molar-refractivity contribution in [3.63, 3.8) is 0 Å². The Morgan fingerprint density at radius 1 is 0.889 bits per heavy atom. The number of ketones is 1. The molecule has 4 rings (SSSR count). The van der Waals surface area contributed by atoms with Crippen molar-refractivity contribution in [1.82, 2.24) is 0 Å². The monoisotopic (exact) mass is 359 g/mol. The molecule has 4 nitrogen and oxygen atoms in total. The molecule has 3 aromatic rings. The summed E-state index contributed by atoms with van der Waals surface area (Å²) in [4.78, 5) is 13.3. The number of fused-ring (bicyclic) bond motifs is 2. The predicted molar refractivity (Wildman–Crippen MR) is 110 cm³/mol. The molecule has 0 spiro atoms. The first-order chi connectivity index (χ1) is 13.3. The lowest BCUT2D eigenvalue weighted by Gasteiger charge is -2.13. The molecule has 27 heavy (non-hydrogen) atoms. The topological polar surface area (TPSA) is 50.4 Å². The second-order valence-electron chi connectivity index (χ2n) is 6.71.